The Kier molecular flexibility index (Phi) is 6.30. The van der Waals surface area contributed by atoms with Gasteiger partial charge in [0, 0.05) is 0 Å². The van der Waals surface area contributed by atoms with E-state index in [-0.39, 0.29) is 24.0 Å². The summed E-state index contributed by atoms with van der Waals surface area (Å²) < 4.78 is 11.6. The van der Waals surface area contributed by atoms with Crippen molar-refractivity contribution in [2.45, 2.75) is 58.2 Å². The largest absolute Gasteiger partial charge is 0.462 e. The number of aryl methyl sites for hydroxylation is 1. The van der Waals surface area contributed by atoms with Gasteiger partial charge in [-0.25, -0.2) is 9.48 Å². The van der Waals surface area contributed by atoms with E-state index in [0.29, 0.717) is 18.1 Å². The Morgan fingerprint density at radius 1 is 1.33 bits per heavy atom. The Morgan fingerprint density at radius 2 is 2.11 bits per heavy atom. The number of fused-ring (bicyclic) bond motifs is 1. The number of ether oxygens (including phenoxy) is 1. The second-order valence-corrected chi connectivity index (χ2v) is 7.95. The van der Waals surface area contributed by atoms with Crippen LogP contribution < -0.4 is 5.56 Å². The molecule has 0 fully saturated rings. The first kappa shape index (κ1) is 19.6. The molecule has 0 spiro atoms. The van der Waals surface area contributed by atoms with Crippen LogP contribution in [0.5, 0.6) is 0 Å². The van der Waals surface area contributed by atoms with Crippen molar-refractivity contribution in [3.8, 4) is 0 Å². The highest BCUT2D eigenvalue weighted by molar-refractivity contribution is 7.99. The van der Waals surface area contributed by atoms with Gasteiger partial charge in [0.25, 0.3) is 5.56 Å². The second kappa shape index (κ2) is 8.69. The quantitative estimate of drug-likeness (QED) is 0.663. The third kappa shape index (κ3) is 4.23. The van der Waals surface area contributed by atoms with E-state index in [1.54, 1.807) is 18.7 Å². The minimum atomic E-state index is -0.587. The highest BCUT2D eigenvalue weighted by atomic mass is 32.2. The van der Waals surface area contributed by atoms with Gasteiger partial charge in [0.05, 0.1) is 17.6 Å². The van der Waals surface area contributed by atoms with Gasteiger partial charge in [-0.05, 0) is 50.8 Å². The molecule has 2 aromatic heterocycles. The highest BCUT2D eigenvalue weighted by Gasteiger charge is 2.26. The van der Waals surface area contributed by atoms with Gasteiger partial charge in [0.15, 0.2) is 5.82 Å². The van der Waals surface area contributed by atoms with E-state index < -0.39 is 11.5 Å². The topological polar surface area (TPSA) is 100 Å². The Labute approximate surface area is 161 Å². The van der Waals surface area contributed by atoms with Crippen LogP contribution in [0.4, 0.5) is 0 Å². The number of aromatic nitrogens is 4. The third-order valence-corrected chi connectivity index (χ3v) is 5.50. The van der Waals surface area contributed by atoms with Crippen LogP contribution in [-0.2, 0) is 24.1 Å². The molecule has 0 radical (unpaired) electrons. The minimum Gasteiger partial charge on any atom is -0.462 e. The fourth-order valence-electron chi connectivity index (χ4n) is 3.19. The lowest BCUT2D eigenvalue weighted by Gasteiger charge is -2.18. The molecule has 8 nitrogen and oxygen atoms in total. The summed E-state index contributed by atoms with van der Waals surface area (Å²) in [5.41, 5.74) is 1.12. The SMILES string of the molecule is CCOC(=O)c1c2c(nn(Cc3nc(C(C)SCC)no3)c1=O)CCCC2. The number of carbonyl (C=O) groups is 1. The average molecular weight is 392 g/mol. The number of rotatable bonds is 7. The van der Waals surface area contributed by atoms with Gasteiger partial charge in [0.2, 0.25) is 5.89 Å². The van der Waals surface area contributed by atoms with Crippen LogP contribution in [0.1, 0.15) is 72.2 Å². The van der Waals surface area contributed by atoms with E-state index >= 15 is 0 Å². The summed E-state index contributed by atoms with van der Waals surface area (Å²) in [6.45, 7) is 6.05. The van der Waals surface area contributed by atoms with Crippen LogP contribution in [0.2, 0.25) is 0 Å². The lowest BCUT2D eigenvalue weighted by atomic mass is 9.93. The number of hydrogen-bond acceptors (Lipinski definition) is 8. The Hall–Kier alpha value is -2.16. The van der Waals surface area contributed by atoms with E-state index in [0.717, 1.165) is 36.3 Å². The molecule has 1 aliphatic carbocycles. The van der Waals surface area contributed by atoms with Crippen molar-refractivity contribution in [1.29, 1.82) is 0 Å². The van der Waals surface area contributed by atoms with Crippen LogP contribution >= 0.6 is 11.8 Å². The molecule has 0 saturated carbocycles. The molecule has 2 aromatic rings. The zero-order chi connectivity index (χ0) is 19.4. The van der Waals surface area contributed by atoms with Crippen LogP contribution in [0, 0.1) is 0 Å². The fourth-order valence-corrected chi connectivity index (χ4v) is 3.93. The first-order valence-corrected chi connectivity index (χ1v) is 10.3. The van der Waals surface area contributed by atoms with E-state index in [4.69, 9.17) is 9.26 Å². The number of esters is 1. The van der Waals surface area contributed by atoms with Crippen molar-refractivity contribution < 1.29 is 14.1 Å². The van der Waals surface area contributed by atoms with Crippen LogP contribution in [0.15, 0.2) is 9.32 Å². The summed E-state index contributed by atoms with van der Waals surface area (Å²) in [4.78, 5) is 29.7. The van der Waals surface area contributed by atoms with E-state index in [2.05, 4.69) is 22.2 Å². The summed E-state index contributed by atoms with van der Waals surface area (Å²) in [6.07, 6.45) is 3.33. The number of hydrogen-bond donors (Lipinski definition) is 0. The summed E-state index contributed by atoms with van der Waals surface area (Å²) in [7, 11) is 0. The van der Waals surface area contributed by atoms with Crippen molar-refractivity contribution >= 4 is 17.7 Å². The normalized spacial score (nSPS) is 14.6. The van der Waals surface area contributed by atoms with Gasteiger partial charge < -0.3 is 9.26 Å². The monoisotopic (exact) mass is 392 g/mol. The molecule has 0 saturated heterocycles. The maximum Gasteiger partial charge on any atom is 0.344 e. The first-order chi connectivity index (χ1) is 13.0. The lowest BCUT2D eigenvalue weighted by molar-refractivity contribution is 0.0521. The molecular formula is C18H24N4O4S. The first-order valence-electron chi connectivity index (χ1n) is 9.29. The van der Waals surface area contributed by atoms with Gasteiger partial charge in [0.1, 0.15) is 12.1 Å². The van der Waals surface area contributed by atoms with Crippen molar-refractivity contribution in [2.24, 2.45) is 0 Å². The van der Waals surface area contributed by atoms with Crippen LogP contribution in [0.3, 0.4) is 0 Å². The van der Waals surface area contributed by atoms with Gasteiger partial charge in [-0.3, -0.25) is 4.79 Å². The molecule has 0 amide bonds. The van der Waals surface area contributed by atoms with Crippen LogP contribution in [-0.4, -0.2) is 38.3 Å². The fraction of sp³-hybridized carbons (Fsp3) is 0.611. The predicted molar refractivity (Wildman–Crippen MR) is 101 cm³/mol. The van der Waals surface area contributed by atoms with Crippen LogP contribution in [0.25, 0.3) is 0 Å². The minimum absolute atomic E-state index is 0.0367. The smallest absolute Gasteiger partial charge is 0.344 e. The zero-order valence-corrected chi connectivity index (χ0v) is 16.7. The van der Waals surface area contributed by atoms with Gasteiger partial charge in [-0.1, -0.05) is 12.1 Å². The van der Waals surface area contributed by atoms with Gasteiger partial charge >= 0.3 is 5.97 Å². The van der Waals surface area contributed by atoms with E-state index in [1.807, 2.05) is 6.92 Å². The molecule has 3 rings (SSSR count). The van der Waals surface area contributed by atoms with Gasteiger partial charge in [-0.15, -0.1) is 0 Å². The van der Waals surface area contributed by atoms with Crippen molar-refractivity contribution in [2.75, 3.05) is 12.4 Å². The number of thioether (sulfide) groups is 1. The highest BCUT2D eigenvalue weighted by Crippen LogP contribution is 2.25. The summed E-state index contributed by atoms with van der Waals surface area (Å²) in [6, 6.07) is 0. The molecule has 0 aliphatic heterocycles. The molecule has 1 aliphatic rings. The third-order valence-electron chi connectivity index (χ3n) is 4.46. The molecule has 1 unspecified atom stereocenters. The Morgan fingerprint density at radius 3 is 2.85 bits per heavy atom. The predicted octanol–water partition coefficient (Wildman–Crippen LogP) is 2.54. The molecule has 2 heterocycles. The zero-order valence-electron chi connectivity index (χ0n) is 15.9. The molecule has 0 N–H and O–H groups in total. The average Bonchev–Trinajstić information content (AvgIpc) is 3.11. The molecule has 27 heavy (non-hydrogen) atoms. The molecular weight excluding hydrogens is 368 g/mol. The number of nitrogens with zero attached hydrogens (tertiary/aromatic N) is 4. The van der Waals surface area contributed by atoms with Crippen molar-refractivity contribution in [3.05, 3.63) is 38.9 Å². The van der Waals surface area contributed by atoms with Crippen molar-refractivity contribution in [1.82, 2.24) is 19.9 Å². The molecule has 1 atom stereocenters. The number of carbonyl (C=O) groups excluding carboxylic acids is 1. The summed E-state index contributed by atoms with van der Waals surface area (Å²) >= 11 is 1.71. The Balaban J connectivity index is 1.95. The van der Waals surface area contributed by atoms with Crippen molar-refractivity contribution in [3.63, 3.8) is 0 Å². The molecule has 9 heteroatoms. The molecule has 0 bridgehead atoms. The maximum absolute atomic E-state index is 12.9. The molecule has 0 aromatic carbocycles. The Bertz CT molecular complexity index is 877. The van der Waals surface area contributed by atoms with E-state index in [1.165, 1.54) is 4.68 Å². The maximum atomic E-state index is 12.9. The van der Waals surface area contributed by atoms with E-state index in [9.17, 15) is 9.59 Å². The molecule has 146 valence electrons. The summed E-state index contributed by atoms with van der Waals surface area (Å²) in [5.74, 6) is 1.25. The standard InChI is InChI=1S/C18H24N4O4S/c1-4-25-18(24)15-12-8-6-7-9-13(12)20-22(17(15)23)10-14-19-16(21-26-14)11(3)27-5-2/h11H,4-10H2,1-3H3. The lowest BCUT2D eigenvalue weighted by Crippen LogP contribution is -2.34. The second-order valence-electron chi connectivity index (χ2n) is 6.33. The van der Waals surface area contributed by atoms with Gasteiger partial charge in [-0.2, -0.15) is 21.8 Å². The summed E-state index contributed by atoms with van der Waals surface area (Å²) in [5, 5.41) is 8.57.